The van der Waals surface area contributed by atoms with Gasteiger partial charge in [0.1, 0.15) is 0 Å². The molecular weight excluding hydrogens is 451 g/mol. The molecule has 0 aliphatic rings. The van der Waals surface area contributed by atoms with Gasteiger partial charge in [-0.1, -0.05) is 0 Å². The van der Waals surface area contributed by atoms with Crippen LogP contribution in [0.2, 0.25) is 0 Å². The number of amidine groups is 1. The minimum absolute atomic E-state index is 0.0316. The predicted octanol–water partition coefficient (Wildman–Crippen LogP) is 2.78. The normalized spacial score (nSPS) is 11.5. The van der Waals surface area contributed by atoms with Crippen molar-refractivity contribution >= 4 is 52.1 Å². The van der Waals surface area contributed by atoms with E-state index in [4.69, 9.17) is 15.6 Å². The van der Waals surface area contributed by atoms with E-state index in [-0.39, 0.29) is 11.7 Å². The number of nitrogens with one attached hydrogen (secondary N) is 3. The van der Waals surface area contributed by atoms with Gasteiger partial charge in [0.2, 0.25) is 0 Å². The fourth-order valence-electron chi connectivity index (χ4n) is 3.74. The van der Waals surface area contributed by atoms with Gasteiger partial charge in [0.05, 0.1) is 0 Å². The third-order valence-electron chi connectivity index (χ3n) is 5.20. The summed E-state index contributed by atoms with van der Waals surface area (Å²) in [4.78, 5) is 7.85. The quantitative estimate of drug-likeness (QED) is 0.121. The van der Waals surface area contributed by atoms with Gasteiger partial charge >= 0.3 is 185 Å². The first-order valence-corrected chi connectivity index (χ1v) is 11.8. The van der Waals surface area contributed by atoms with Gasteiger partial charge in [-0.15, -0.1) is 0 Å². The number of hydrogen-bond donors (Lipinski definition) is 5. The van der Waals surface area contributed by atoms with Crippen molar-refractivity contribution in [2.45, 2.75) is 0 Å². The molecule has 5 N–H and O–H groups in total. The van der Waals surface area contributed by atoms with Gasteiger partial charge in [-0.05, 0) is 0 Å². The molecule has 0 saturated carbocycles. The van der Waals surface area contributed by atoms with E-state index in [0.29, 0.717) is 16.8 Å². The maximum atomic E-state index is 10.7. The van der Waals surface area contributed by atoms with Crippen LogP contribution in [0.5, 0.6) is 5.88 Å². The SMILES string of the molecule is N=C(NO)c1ccc2[nH]c(O)c(-c3cc([AsH]c4ccccc4)c4ccccc4n3)c2c1. The van der Waals surface area contributed by atoms with E-state index >= 15 is 0 Å². The number of hydrogen-bond acceptors (Lipinski definition) is 4. The fraction of sp³-hybridized carbons (Fsp3) is 0. The van der Waals surface area contributed by atoms with E-state index in [9.17, 15) is 5.11 Å². The number of pyridine rings is 1. The molecule has 2 aromatic heterocycles. The number of H-pyrrole nitrogens is 1. The van der Waals surface area contributed by atoms with Crippen molar-refractivity contribution in [3.8, 4) is 17.1 Å². The van der Waals surface area contributed by atoms with E-state index in [1.165, 1.54) is 8.70 Å². The molecule has 1 atom stereocenters. The standard InChI is InChI=1S/C24H19AsN4O2/c26-23(29-31)14-10-11-20-17(12-14)22(24(30)28-20)21-13-18(25-15-6-2-1-3-7-15)16-8-4-5-9-19(16)27-21/h1-13,25,28,30-31H,(H2,26,29). The molecule has 1 unspecified atom stereocenters. The Kier molecular flexibility index (Phi) is 4.94. The van der Waals surface area contributed by atoms with Crippen molar-refractivity contribution in [1.82, 2.24) is 15.4 Å². The first-order valence-electron chi connectivity index (χ1n) is 9.70. The third-order valence-corrected chi connectivity index (χ3v) is 7.94. The maximum absolute atomic E-state index is 10.7. The van der Waals surface area contributed by atoms with Crippen molar-refractivity contribution in [3.63, 3.8) is 0 Å². The zero-order valence-corrected chi connectivity index (χ0v) is 18.4. The Labute approximate surface area is 184 Å². The van der Waals surface area contributed by atoms with Crippen LogP contribution < -0.4 is 14.2 Å². The molecular formula is C24H19AsN4O2. The Bertz CT molecular complexity index is 1430. The summed E-state index contributed by atoms with van der Waals surface area (Å²) in [5.41, 5.74) is 5.26. The molecule has 0 amide bonds. The first kappa shape index (κ1) is 19.4. The van der Waals surface area contributed by atoms with Crippen molar-refractivity contribution < 1.29 is 10.3 Å². The molecule has 0 fully saturated rings. The molecule has 7 heteroatoms. The molecule has 31 heavy (non-hydrogen) atoms. The Hall–Kier alpha value is -3.60. The first-order chi connectivity index (χ1) is 15.1. The molecule has 0 saturated heterocycles. The summed E-state index contributed by atoms with van der Waals surface area (Å²) >= 11 is -0.613. The Morgan fingerprint density at radius 1 is 0.935 bits per heavy atom. The minimum atomic E-state index is -0.613. The number of aromatic hydroxyl groups is 1. The van der Waals surface area contributed by atoms with Crippen LogP contribution in [0.3, 0.4) is 0 Å². The second kappa shape index (κ2) is 7.91. The van der Waals surface area contributed by atoms with Crippen LogP contribution in [0, 0.1) is 5.41 Å². The Balaban J connectivity index is 1.73. The summed E-state index contributed by atoms with van der Waals surface area (Å²) in [6, 6.07) is 25.8. The molecule has 0 aliphatic heterocycles. The second-order valence-electron chi connectivity index (χ2n) is 7.16. The molecule has 0 radical (unpaired) electrons. The zero-order valence-electron chi connectivity index (χ0n) is 16.3. The van der Waals surface area contributed by atoms with Gasteiger partial charge in [0.15, 0.2) is 0 Å². The summed E-state index contributed by atoms with van der Waals surface area (Å²) in [6.45, 7) is 0. The number of fused-ring (bicyclic) bond motifs is 2. The van der Waals surface area contributed by atoms with E-state index in [1.807, 2.05) is 29.7 Å². The van der Waals surface area contributed by atoms with Crippen LogP contribution in [0.25, 0.3) is 33.1 Å². The van der Waals surface area contributed by atoms with Crippen molar-refractivity contribution in [3.05, 3.63) is 84.4 Å². The zero-order chi connectivity index (χ0) is 21.4. The monoisotopic (exact) mass is 470 g/mol. The number of rotatable bonds is 4. The van der Waals surface area contributed by atoms with E-state index in [2.05, 4.69) is 41.4 Å². The van der Waals surface area contributed by atoms with Gasteiger partial charge in [-0.25, -0.2) is 0 Å². The average Bonchev–Trinajstić information content (AvgIpc) is 3.14. The summed E-state index contributed by atoms with van der Waals surface area (Å²) in [6.07, 6.45) is 0. The fourth-order valence-corrected chi connectivity index (χ4v) is 6.31. The predicted molar refractivity (Wildman–Crippen MR) is 125 cm³/mol. The number of aromatic amines is 1. The average molecular weight is 470 g/mol. The van der Waals surface area contributed by atoms with Crippen LogP contribution in [0.1, 0.15) is 5.56 Å². The van der Waals surface area contributed by atoms with Gasteiger partial charge in [-0.2, -0.15) is 0 Å². The summed E-state index contributed by atoms with van der Waals surface area (Å²) in [5, 5.41) is 29.6. The van der Waals surface area contributed by atoms with Crippen LogP contribution in [-0.4, -0.2) is 41.9 Å². The van der Waals surface area contributed by atoms with Crippen molar-refractivity contribution in [2.24, 2.45) is 0 Å². The molecule has 6 nitrogen and oxygen atoms in total. The number of hydroxylamine groups is 1. The molecule has 0 aliphatic carbocycles. The van der Waals surface area contributed by atoms with E-state index in [0.717, 1.165) is 21.8 Å². The third kappa shape index (κ3) is 3.56. The molecule has 0 spiro atoms. The van der Waals surface area contributed by atoms with Crippen LogP contribution in [0.15, 0.2) is 78.9 Å². The molecule has 2 heterocycles. The number of aromatic nitrogens is 2. The molecule has 152 valence electrons. The Morgan fingerprint density at radius 2 is 1.71 bits per heavy atom. The van der Waals surface area contributed by atoms with Gasteiger partial charge in [0.25, 0.3) is 0 Å². The molecule has 0 bridgehead atoms. The van der Waals surface area contributed by atoms with Crippen molar-refractivity contribution in [2.75, 3.05) is 0 Å². The van der Waals surface area contributed by atoms with E-state index in [1.54, 1.807) is 18.2 Å². The van der Waals surface area contributed by atoms with Gasteiger partial charge in [-0.3, -0.25) is 0 Å². The van der Waals surface area contributed by atoms with Crippen LogP contribution >= 0.6 is 0 Å². The Morgan fingerprint density at radius 3 is 2.52 bits per heavy atom. The van der Waals surface area contributed by atoms with E-state index < -0.39 is 15.8 Å². The summed E-state index contributed by atoms with van der Waals surface area (Å²) in [5.74, 6) is -0.0828. The van der Waals surface area contributed by atoms with Gasteiger partial charge < -0.3 is 0 Å². The topological polar surface area (TPSA) is 105 Å². The molecule has 5 rings (SSSR count). The van der Waals surface area contributed by atoms with Crippen LogP contribution in [-0.2, 0) is 0 Å². The van der Waals surface area contributed by atoms with Crippen LogP contribution in [0.4, 0.5) is 0 Å². The second-order valence-corrected chi connectivity index (χ2v) is 10.0. The molecule has 3 aromatic carbocycles. The number of benzene rings is 3. The number of nitrogens with zero attached hydrogens (tertiary/aromatic N) is 1. The molecule has 5 aromatic rings. The van der Waals surface area contributed by atoms with Crippen molar-refractivity contribution in [1.29, 1.82) is 5.41 Å². The van der Waals surface area contributed by atoms with Gasteiger partial charge in [0, 0.05) is 0 Å². The summed E-state index contributed by atoms with van der Waals surface area (Å²) in [7, 11) is 0. The number of para-hydroxylation sites is 1. The summed E-state index contributed by atoms with van der Waals surface area (Å²) < 4.78 is 2.55.